The number of Topliss-reactive ketones (excluding diaryl/α,β-unsaturated/α-hetero) is 1. The van der Waals surface area contributed by atoms with Crippen molar-refractivity contribution >= 4 is 33.3 Å². The molecular formula is C18H19N5O4S2. The largest absolute Gasteiger partial charge is 0.492 e. The van der Waals surface area contributed by atoms with Gasteiger partial charge < -0.3 is 4.74 Å². The highest BCUT2D eigenvalue weighted by Gasteiger charge is 2.15. The van der Waals surface area contributed by atoms with E-state index in [0.717, 1.165) is 6.26 Å². The molecule has 9 nitrogen and oxygen atoms in total. The molecule has 3 rings (SSSR count). The first-order chi connectivity index (χ1) is 13.9. The molecule has 1 aromatic heterocycles. The van der Waals surface area contributed by atoms with Crippen molar-refractivity contribution < 1.29 is 17.9 Å². The van der Waals surface area contributed by atoms with Gasteiger partial charge >= 0.3 is 0 Å². The second kappa shape index (κ2) is 9.05. The van der Waals surface area contributed by atoms with Crippen LogP contribution in [0, 0.1) is 0 Å². The lowest BCUT2D eigenvalue weighted by Crippen LogP contribution is -2.10. The van der Waals surface area contributed by atoms with Crippen molar-refractivity contribution in [1.29, 1.82) is 0 Å². The highest BCUT2D eigenvalue weighted by atomic mass is 32.2. The van der Waals surface area contributed by atoms with Crippen LogP contribution in [0.3, 0.4) is 0 Å². The Kier molecular flexibility index (Phi) is 6.49. The number of thioether (sulfide) groups is 1. The van der Waals surface area contributed by atoms with Gasteiger partial charge in [0.25, 0.3) is 0 Å². The van der Waals surface area contributed by atoms with Gasteiger partial charge in [0.2, 0.25) is 15.2 Å². The first-order valence-corrected chi connectivity index (χ1v) is 11.5. The number of nitrogens with one attached hydrogen (secondary N) is 1. The van der Waals surface area contributed by atoms with Gasteiger partial charge in [-0.1, -0.05) is 23.9 Å². The number of ether oxygens (including phenoxy) is 1. The van der Waals surface area contributed by atoms with Crippen LogP contribution < -0.4 is 9.46 Å². The van der Waals surface area contributed by atoms with E-state index in [-0.39, 0.29) is 11.5 Å². The predicted molar refractivity (Wildman–Crippen MR) is 110 cm³/mol. The molecule has 0 radical (unpaired) electrons. The van der Waals surface area contributed by atoms with Crippen LogP contribution >= 0.6 is 11.8 Å². The quantitative estimate of drug-likeness (QED) is 0.404. The molecule has 152 valence electrons. The summed E-state index contributed by atoms with van der Waals surface area (Å²) in [6, 6.07) is 13.6. The second-order valence-electron chi connectivity index (χ2n) is 5.94. The SMILES string of the molecule is CCOc1ccccc1-n1nnnc1SCC(=O)c1ccc(NS(C)(=O)=O)cc1. The van der Waals surface area contributed by atoms with Crippen LogP contribution in [0.25, 0.3) is 5.69 Å². The fraction of sp³-hybridized carbons (Fsp3) is 0.222. The number of nitrogens with zero attached hydrogens (tertiary/aromatic N) is 4. The van der Waals surface area contributed by atoms with Gasteiger partial charge in [-0.15, -0.1) is 5.10 Å². The molecule has 0 saturated heterocycles. The van der Waals surface area contributed by atoms with Crippen molar-refractivity contribution in [1.82, 2.24) is 20.2 Å². The van der Waals surface area contributed by atoms with Gasteiger partial charge in [0.05, 0.1) is 18.6 Å². The second-order valence-corrected chi connectivity index (χ2v) is 8.63. The standard InChI is InChI=1S/C18H19N5O4S2/c1-3-27-17-7-5-4-6-15(17)23-18(19-21-22-23)28-12-16(24)13-8-10-14(11-9-13)20-29(2,25)26/h4-11,20H,3,12H2,1-2H3. The molecule has 29 heavy (non-hydrogen) atoms. The zero-order chi connectivity index (χ0) is 20.9. The molecule has 0 saturated carbocycles. The van der Waals surface area contributed by atoms with Crippen LogP contribution in [-0.2, 0) is 10.0 Å². The van der Waals surface area contributed by atoms with Gasteiger partial charge in [0.1, 0.15) is 11.4 Å². The van der Waals surface area contributed by atoms with Crippen molar-refractivity contribution in [2.45, 2.75) is 12.1 Å². The monoisotopic (exact) mass is 433 g/mol. The third-order valence-electron chi connectivity index (χ3n) is 3.68. The molecule has 0 fully saturated rings. The summed E-state index contributed by atoms with van der Waals surface area (Å²) in [5, 5.41) is 12.2. The smallest absolute Gasteiger partial charge is 0.229 e. The van der Waals surface area contributed by atoms with Crippen LogP contribution in [0.1, 0.15) is 17.3 Å². The summed E-state index contributed by atoms with van der Waals surface area (Å²) in [6.07, 6.45) is 1.07. The van der Waals surface area contributed by atoms with E-state index in [4.69, 9.17) is 4.74 Å². The highest BCUT2D eigenvalue weighted by Crippen LogP contribution is 2.26. The van der Waals surface area contributed by atoms with Crippen molar-refractivity contribution in [2.75, 3.05) is 23.3 Å². The molecule has 0 aliphatic carbocycles. The number of aromatic nitrogens is 4. The number of carbonyl (C=O) groups is 1. The van der Waals surface area contributed by atoms with Gasteiger partial charge in [0, 0.05) is 11.3 Å². The number of hydrogen-bond donors (Lipinski definition) is 1. The van der Waals surface area contributed by atoms with E-state index < -0.39 is 10.0 Å². The molecule has 0 aliphatic rings. The number of ketones is 1. The number of anilines is 1. The van der Waals surface area contributed by atoms with Crippen LogP contribution in [0.4, 0.5) is 5.69 Å². The van der Waals surface area contributed by atoms with E-state index in [1.165, 1.54) is 16.4 Å². The number of benzene rings is 2. The van der Waals surface area contributed by atoms with Crippen molar-refractivity contribution in [3.05, 3.63) is 54.1 Å². The number of para-hydroxylation sites is 2. The molecule has 0 bridgehead atoms. The zero-order valence-corrected chi connectivity index (χ0v) is 17.4. The molecule has 3 aromatic rings. The molecule has 0 unspecified atom stereocenters. The Morgan fingerprint density at radius 3 is 2.59 bits per heavy atom. The third kappa shape index (κ3) is 5.55. The summed E-state index contributed by atoms with van der Waals surface area (Å²) >= 11 is 1.20. The Balaban J connectivity index is 1.70. The third-order valence-corrected chi connectivity index (χ3v) is 5.20. The van der Waals surface area contributed by atoms with E-state index in [1.807, 2.05) is 31.2 Å². The van der Waals surface area contributed by atoms with Crippen molar-refractivity contribution in [3.63, 3.8) is 0 Å². The normalized spacial score (nSPS) is 11.2. The highest BCUT2D eigenvalue weighted by molar-refractivity contribution is 7.99. The molecule has 0 aliphatic heterocycles. The Labute approximate surface area is 172 Å². The molecule has 1 heterocycles. The lowest BCUT2D eigenvalue weighted by Gasteiger charge is -2.10. The zero-order valence-electron chi connectivity index (χ0n) is 15.8. The van der Waals surface area contributed by atoms with E-state index in [2.05, 4.69) is 20.2 Å². The number of sulfonamides is 1. The average molecular weight is 434 g/mol. The minimum absolute atomic E-state index is 0.121. The lowest BCUT2D eigenvalue weighted by atomic mass is 10.1. The van der Waals surface area contributed by atoms with Crippen LogP contribution in [-0.4, -0.2) is 53.0 Å². The lowest BCUT2D eigenvalue weighted by molar-refractivity contribution is 0.102. The molecular weight excluding hydrogens is 414 g/mol. The van der Waals surface area contributed by atoms with E-state index in [1.54, 1.807) is 24.3 Å². The summed E-state index contributed by atoms with van der Waals surface area (Å²) in [4.78, 5) is 12.5. The Bertz CT molecular complexity index is 1100. The van der Waals surface area contributed by atoms with E-state index >= 15 is 0 Å². The molecule has 11 heteroatoms. The van der Waals surface area contributed by atoms with Crippen molar-refractivity contribution in [3.8, 4) is 11.4 Å². The summed E-state index contributed by atoms with van der Waals surface area (Å²) in [7, 11) is -3.36. The molecule has 1 N–H and O–H groups in total. The summed E-state index contributed by atoms with van der Waals surface area (Å²) < 4.78 is 32.0. The maximum Gasteiger partial charge on any atom is 0.229 e. The van der Waals surface area contributed by atoms with Gasteiger partial charge in [-0.3, -0.25) is 9.52 Å². The predicted octanol–water partition coefficient (Wildman–Crippen LogP) is 2.41. The number of tetrazole rings is 1. The first-order valence-electron chi connectivity index (χ1n) is 8.62. The minimum Gasteiger partial charge on any atom is -0.492 e. The number of rotatable bonds is 9. The fourth-order valence-corrected chi connectivity index (χ4v) is 3.82. The number of hydrogen-bond acceptors (Lipinski definition) is 8. The Hall–Kier alpha value is -2.92. The Morgan fingerprint density at radius 1 is 1.17 bits per heavy atom. The van der Waals surface area contributed by atoms with Crippen molar-refractivity contribution in [2.24, 2.45) is 0 Å². The van der Waals surface area contributed by atoms with Crippen LogP contribution in [0.5, 0.6) is 5.75 Å². The average Bonchev–Trinajstić information content (AvgIpc) is 3.14. The van der Waals surface area contributed by atoms with Gasteiger partial charge in [-0.25, -0.2) is 8.42 Å². The Morgan fingerprint density at radius 2 is 1.90 bits per heavy atom. The van der Waals surface area contributed by atoms with Crippen LogP contribution in [0.2, 0.25) is 0 Å². The van der Waals surface area contributed by atoms with E-state index in [0.29, 0.717) is 34.5 Å². The number of carbonyl (C=O) groups excluding carboxylic acids is 1. The molecule has 2 aromatic carbocycles. The van der Waals surface area contributed by atoms with E-state index in [9.17, 15) is 13.2 Å². The van der Waals surface area contributed by atoms with Crippen LogP contribution in [0.15, 0.2) is 53.7 Å². The summed E-state index contributed by atoms with van der Waals surface area (Å²) in [6.45, 7) is 2.39. The summed E-state index contributed by atoms with van der Waals surface area (Å²) in [5.41, 5.74) is 1.55. The molecule has 0 amide bonds. The fourth-order valence-electron chi connectivity index (χ4n) is 2.48. The van der Waals surface area contributed by atoms with Gasteiger partial charge in [0.15, 0.2) is 5.78 Å². The maximum atomic E-state index is 12.5. The first kappa shape index (κ1) is 20.8. The topological polar surface area (TPSA) is 116 Å². The van der Waals surface area contributed by atoms with Gasteiger partial charge in [-0.05, 0) is 53.7 Å². The van der Waals surface area contributed by atoms with Gasteiger partial charge in [-0.2, -0.15) is 4.68 Å². The summed E-state index contributed by atoms with van der Waals surface area (Å²) in [5.74, 6) is 0.633. The molecule has 0 spiro atoms. The minimum atomic E-state index is -3.36. The maximum absolute atomic E-state index is 12.5. The molecule has 0 atom stereocenters.